The van der Waals surface area contributed by atoms with Crippen LogP contribution < -0.4 is 0 Å². The van der Waals surface area contributed by atoms with Crippen molar-refractivity contribution in [3.63, 3.8) is 0 Å². The molecule has 0 saturated heterocycles. The van der Waals surface area contributed by atoms with E-state index >= 15 is 0 Å². The van der Waals surface area contributed by atoms with Gasteiger partial charge in [-0.3, -0.25) is 4.79 Å². The van der Waals surface area contributed by atoms with Crippen LogP contribution in [0.1, 0.15) is 27.9 Å². The summed E-state index contributed by atoms with van der Waals surface area (Å²) >= 11 is 0. The third kappa shape index (κ3) is 4.37. The highest BCUT2D eigenvalue weighted by atomic mass is 19.4. The van der Waals surface area contributed by atoms with Crippen LogP contribution in [-0.2, 0) is 6.18 Å². The predicted molar refractivity (Wildman–Crippen MR) is 62.3 cm³/mol. The molecule has 1 aromatic carbocycles. The Hall–Kier alpha value is -2.45. The monoisotopic (exact) mass is 267 g/mol. The molecule has 0 spiro atoms. The van der Waals surface area contributed by atoms with Gasteiger partial charge in [-0.15, -0.1) is 0 Å². The number of azide groups is 1. The summed E-state index contributed by atoms with van der Waals surface area (Å²) in [6.07, 6.45) is -3.90. The fraction of sp³-hybridized carbons (Fsp3) is 0.250. The fourth-order valence-corrected chi connectivity index (χ4v) is 1.26. The van der Waals surface area contributed by atoms with Gasteiger partial charge in [-0.25, -0.2) is 0 Å². The smallest absolute Gasteiger partial charge is 0.298 e. The van der Waals surface area contributed by atoms with Crippen molar-refractivity contribution >= 4 is 6.29 Å². The van der Waals surface area contributed by atoms with E-state index in [0.717, 1.165) is 18.2 Å². The van der Waals surface area contributed by atoms with Gasteiger partial charge in [0.2, 0.25) is 0 Å². The zero-order chi connectivity index (χ0) is 14.3. The molecule has 0 fully saturated rings. The number of halogens is 3. The third-order valence-electron chi connectivity index (χ3n) is 2.13. The van der Waals surface area contributed by atoms with Gasteiger partial charge in [-0.2, -0.15) is 13.2 Å². The van der Waals surface area contributed by atoms with E-state index in [9.17, 15) is 18.0 Å². The van der Waals surface area contributed by atoms with Crippen LogP contribution in [0.2, 0.25) is 0 Å². The molecule has 0 N–H and O–H groups in total. The van der Waals surface area contributed by atoms with E-state index in [4.69, 9.17) is 5.53 Å². The molecule has 4 nitrogen and oxygen atoms in total. The Kier molecular flexibility index (Phi) is 4.98. The zero-order valence-electron chi connectivity index (χ0n) is 9.61. The van der Waals surface area contributed by atoms with Gasteiger partial charge in [0, 0.05) is 29.0 Å². The molecule has 0 amide bonds. The van der Waals surface area contributed by atoms with Gasteiger partial charge in [-0.05, 0) is 23.7 Å². The van der Waals surface area contributed by atoms with Gasteiger partial charge in [0.25, 0.3) is 0 Å². The number of hydrogen-bond acceptors (Lipinski definition) is 2. The van der Waals surface area contributed by atoms with Crippen LogP contribution in [0.3, 0.4) is 0 Å². The Morgan fingerprint density at radius 3 is 2.74 bits per heavy atom. The number of nitrogens with zero attached hydrogens (tertiary/aromatic N) is 3. The first-order valence-electron chi connectivity index (χ1n) is 5.15. The second-order valence-electron chi connectivity index (χ2n) is 3.42. The van der Waals surface area contributed by atoms with Crippen LogP contribution in [0.25, 0.3) is 10.4 Å². The standard InChI is InChI=1S/C12H8F3N3O/c13-12(14,15)11-5-4-9(10(7-11)8-19)3-1-2-6-17-18-16/h4-5,7-8H,2,6H2. The summed E-state index contributed by atoms with van der Waals surface area (Å²) in [5.74, 6) is 5.18. The van der Waals surface area contributed by atoms with E-state index in [2.05, 4.69) is 21.9 Å². The fourth-order valence-electron chi connectivity index (χ4n) is 1.26. The molecule has 0 aliphatic carbocycles. The SMILES string of the molecule is [N-]=[N+]=NCCC#Cc1ccc(C(F)(F)F)cc1C=O. The zero-order valence-corrected chi connectivity index (χ0v) is 9.61. The number of rotatable bonds is 3. The topological polar surface area (TPSA) is 65.8 Å². The minimum absolute atomic E-state index is 0.119. The van der Waals surface area contributed by atoms with Crippen molar-refractivity contribution in [3.05, 3.63) is 45.3 Å². The normalized spacial score (nSPS) is 10.1. The lowest BCUT2D eigenvalue weighted by molar-refractivity contribution is -0.137. The molecule has 0 radical (unpaired) electrons. The first-order valence-corrected chi connectivity index (χ1v) is 5.15. The van der Waals surface area contributed by atoms with Crippen LogP contribution in [0, 0.1) is 11.8 Å². The maximum Gasteiger partial charge on any atom is 0.416 e. The van der Waals surface area contributed by atoms with Crippen molar-refractivity contribution in [1.29, 1.82) is 0 Å². The lowest BCUT2D eigenvalue weighted by Crippen LogP contribution is -2.06. The lowest BCUT2D eigenvalue weighted by atomic mass is 10.0. The van der Waals surface area contributed by atoms with E-state index < -0.39 is 11.7 Å². The van der Waals surface area contributed by atoms with Gasteiger partial charge in [0.15, 0.2) is 6.29 Å². The quantitative estimate of drug-likeness (QED) is 0.206. The van der Waals surface area contributed by atoms with Crippen molar-refractivity contribution in [3.8, 4) is 11.8 Å². The van der Waals surface area contributed by atoms with Crippen molar-refractivity contribution in [2.45, 2.75) is 12.6 Å². The molecule has 0 atom stereocenters. The minimum atomic E-state index is -4.49. The molecule has 0 saturated carbocycles. The first-order chi connectivity index (χ1) is 8.99. The maximum absolute atomic E-state index is 12.4. The number of benzene rings is 1. The first kappa shape index (κ1) is 14.6. The summed E-state index contributed by atoms with van der Waals surface area (Å²) in [4.78, 5) is 13.3. The maximum atomic E-state index is 12.4. The second-order valence-corrected chi connectivity index (χ2v) is 3.42. The van der Waals surface area contributed by atoms with Crippen LogP contribution in [0.4, 0.5) is 13.2 Å². The van der Waals surface area contributed by atoms with Gasteiger partial charge < -0.3 is 0 Å². The van der Waals surface area contributed by atoms with Crippen LogP contribution in [0.15, 0.2) is 23.3 Å². The van der Waals surface area contributed by atoms with Crippen LogP contribution in [0.5, 0.6) is 0 Å². The molecule has 0 bridgehead atoms. The molecule has 0 aliphatic heterocycles. The number of aldehydes is 1. The number of alkyl halides is 3. The van der Waals surface area contributed by atoms with E-state index in [-0.39, 0.29) is 24.1 Å². The van der Waals surface area contributed by atoms with Crippen molar-refractivity contribution in [2.75, 3.05) is 6.54 Å². The molecular formula is C12H8F3N3O. The highest BCUT2D eigenvalue weighted by molar-refractivity contribution is 5.79. The average Bonchev–Trinajstić information content (AvgIpc) is 2.37. The van der Waals surface area contributed by atoms with E-state index in [0.29, 0.717) is 6.29 Å². The molecular weight excluding hydrogens is 259 g/mol. The Bertz CT molecular complexity index is 578. The Balaban J connectivity index is 2.96. The molecule has 0 aliphatic rings. The minimum Gasteiger partial charge on any atom is -0.298 e. The molecule has 1 rings (SSSR count). The Morgan fingerprint density at radius 1 is 1.42 bits per heavy atom. The Morgan fingerprint density at radius 2 is 2.16 bits per heavy atom. The summed E-state index contributed by atoms with van der Waals surface area (Å²) in [5, 5.41) is 3.25. The van der Waals surface area contributed by atoms with Gasteiger partial charge in [0.1, 0.15) is 0 Å². The van der Waals surface area contributed by atoms with Crippen molar-refractivity contribution in [1.82, 2.24) is 0 Å². The van der Waals surface area contributed by atoms with E-state index in [1.165, 1.54) is 0 Å². The van der Waals surface area contributed by atoms with Crippen molar-refractivity contribution in [2.24, 2.45) is 5.11 Å². The van der Waals surface area contributed by atoms with Gasteiger partial charge >= 0.3 is 6.18 Å². The molecule has 98 valence electrons. The summed E-state index contributed by atoms with van der Waals surface area (Å²) in [7, 11) is 0. The predicted octanol–water partition coefficient (Wildman–Crippen LogP) is 3.57. The highest BCUT2D eigenvalue weighted by Crippen LogP contribution is 2.30. The molecule has 7 heteroatoms. The molecule has 0 heterocycles. The van der Waals surface area contributed by atoms with Gasteiger partial charge in [-0.1, -0.05) is 17.0 Å². The van der Waals surface area contributed by atoms with Gasteiger partial charge in [0.05, 0.1) is 5.56 Å². The number of carbonyl (C=O) groups excluding carboxylic acids is 1. The average molecular weight is 267 g/mol. The number of carbonyl (C=O) groups is 1. The lowest BCUT2D eigenvalue weighted by Gasteiger charge is -2.07. The van der Waals surface area contributed by atoms with Crippen LogP contribution >= 0.6 is 0 Å². The molecule has 19 heavy (non-hydrogen) atoms. The highest BCUT2D eigenvalue weighted by Gasteiger charge is 2.30. The molecule has 1 aromatic rings. The third-order valence-corrected chi connectivity index (χ3v) is 2.13. The Labute approximate surface area is 106 Å². The largest absolute Gasteiger partial charge is 0.416 e. The summed E-state index contributed by atoms with van der Waals surface area (Å²) in [6, 6.07) is 2.77. The second kappa shape index (κ2) is 6.47. The van der Waals surface area contributed by atoms with E-state index in [1.807, 2.05) is 0 Å². The molecule has 0 unspecified atom stereocenters. The van der Waals surface area contributed by atoms with Crippen LogP contribution in [-0.4, -0.2) is 12.8 Å². The summed E-state index contributed by atoms with van der Waals surface area (Å²) in [5.41, 5.74) is 7.23. The number of hydrogen-bond donors (Lipinski definition) is 0. The molecule has 0 aromatic heterocycles. The van der Waals surface area contributed by atoms with Crippen molar-refractivity contribution < 1.29 is 18.0 Å². The van der Waals surface area contributed by atoms with E-state index in [1.54, 1.807) is 0 Å². The summed E-state index contributed by atoms with van der Waals surface area (Å²) in [6.45, 7) is 0.167. The summed E-state index contributed by atoms with van der Waals surface area (Å²) < 4.78 is 37.3.